The van der Waals surface area contributed by atoms with Crippen LogP contribution in [0.25, 0.3) is 0 Å². The second-order valence-corrected chi connectivity index (χ2v) is 5.45. The van der Waals surface area contributed by atoms with Crippen molar-refractivity contribution in [1.29, 1.82) is 0 Å². The van der Waals surface area contributed by atoms with Crippen LogP contribution in [-0.4, -0.2) is 62.6 Å². The minimum absolute atomic E-state index is 0.0946. The van der Waals surface area contributed by atoms with Crippen LogP contribution in [0.2, 0.25) is 0 Å². The molecule has 1 aromatic rings. The summed E-state index contributed by atoms with van der Waals surface area (Å²) in [5.41, 5.74) is -0.644. The molecule has 0 radical (unpaired) electrons. The van der Waals surface area contributed by atoms with Crippen LogP contribution in [0, 0.1) is 5.82 Å². The van der Waals surface area contributed by atoms with Crippen molar-refractivity contribution < 1.29 is 27.4 Å². The Kier molecular flexibility index (Phi) is 5.83. The lowest BCUT2D eigenvalue weighted by atomic mass is 10.1. The van der Waals surface area contributed by atoms with Gasteiger partial charge in [-0.25, -0.2) is 4.39 Å². The van der Waals surface area contributed by atoms with E-state index in [1.54, 1.807) is 12.0 Å². The molecule has 1 fully saturated rings. The Morgan fingerprint density at radius 2 is 1.87 bits per heavy atom. The van der Waals surface area contributed by atoms with Gasteiger partial charge in [-0.2, -0.15) is 13.2 Å². The van der Waals surface area contributed by atoms with Crippen LogP contribution in [0.5, 0.6) is 0 Å². The molecule has 0 aliphatic carbocycles. The molecule has 130 valence electrons. The number of methoxy groups -OCH3 is 1. The van der Waals surface area contributed by atoms with Gasteiger partial charge in [0.25, 0.3) is 0 Å². The molecular weight excluding hydrogens is 316 g/mol. The number of aliphatic hydroxyl groups is 1. The number of anilines is 1. The topological polar surface area (TPSA) is 35.9 Å². The number of alkyl halides is 3. The van der Waals surface area contributed by atoms with E-state index in [0.29, 0.717) is 32.8 Å². The molecule has 1 aliphatic heterocycles. The van der Waals surface area contributed by atoms with Crippen LogP contribution in [0.4, 0.5) is 23.2 Å². The lowest BCUT2D eigenvalue weighted by molar-refractivity contribution is -0.207. The smallest absolute Gasteiger partial charge is 0.383 e. The summed E-state index contributed by atoms with van der Waals surface area (Å²) in [7, 11) is 1.61. The van der Waals surface area contributed by atoms with E-state index in [9.17, 15) is 22.7 Å². The van der Waals surface area contributed by atoms with Gasteiger partial charge in [0.05, 0.1) is 12.3 Å². The molecule has 23 heavy (non-hydrogen) atoms. The molecule has 8 heteroatoms. The zero-order chi connectivity index (χ0) is 17.0. The van der Waals surface area contributed by atoms with Crippen molar-refractivity contribution in [2.75, 3.05) is 51.3 Å². The maximum absolute atomic E-state index is 14.4. The third kappa shape index (κ3) is 4.33. The van der Waals surface area contributed by atoms with Gasteiger partial charge in [0.2, 0.25) is 0 Å². The highest BCUT2D eigenvalue weighted by molar-refractivity contribution is 5.51. The Balaban J connectivity index is 2.10. The number of hydrogen-bond acceptors (Lipinski definition) is 4. The molecule has 0 aromatic heterocycles. The van der Waals surface area contributed by atoms with Gasteiger partial charge in [0.1, 0.15) is 0 Å². The summed E-state index contributed by atoms with van der Waals surface area (Å²) in [5, 5.41) is 9.29. The van der Waals surface area contributed by atoms with Crippen molar-refractivity contribution in [3.8, 4) is 0 Å². The first-order chi connectivity index (χ1) is 10.8. The van der Waals surface area contributed by atoms with Gasteiger partial charge in [-0.05, 0) is 6.07 Å². The third-order valence-electron chi connectivity index (χ3n) is 3.94. The molecule has 1 aliphatic rings. The number of rotatable bonds is 5. The second kappa shape index (κ2) is 7.46. The van der Waals surface area contributed by atoms with Crippen LogP contribution in [0.3, 0.4) is 0 Å². The number of hydrogen-bond donors (Lipinski definition) is 1. The molecular formula is C15H20F4N2O2. The van der Waals surface area contributed by atoms with E-state index in [2.05, 4.69) is 4.90 Å². The highest BCUT2D eigenvalue weighted by atomic mass is 19.4. The van der Waals surface area contributed by atoms with Crippen molar-refractivity contribution in [3.63, 3.8) is 0 Å². The molecule has 1 unspecified atom stereocenters. The van der Waals surface area contributed by atoms with Gasteiger partial charge in [-0.1, -0.05) is 12.1 Å². The molecule has 1 heterocycles. The molecule has 1 saturated heterocycles. The van der Waals surface area contributed by atoms with Gasteiger partial charge in [-0.15, -0.1) is 0 Å². The van der Waals surface area contributed by atoms with Gasteiger partial charge >= 0.3 is 6.18 Å². The summed E-state index contributed by atoms with van der Waals surface area (Å²) in [6, 6.07) is 3.73. The average Bonchev–Trinajstić information content (AvgIpc) is 2.52. The van der Waals surface area contributed by atoms with E-state index in [0.717, 1.165) is 12.6 Å². The summed E-state index contributed by atoms with van der Waals surface area (Å²) in [6.45, 7) is 3.73. The molecule has 0 bridgehead atoms. The lowest BCUT2D eigenvalue weighted by Crippen LogP contribution is -2.47. The maximum Gasteiger partial charge on any atom is 0.418 e. The molecule has 1 N–H and O–H groups in total. The van der Waals surface area contributed by atoms with Crippen LogP contribution in [0.15, 0.2) is 18.2 Å². The van der Waals surface area contributed by atoms with Crippen molar-refractivity contribution in [2.45, 2.75) is 12.3 Å². The first kappa shape index (κ1) is 18.0. The van der Waals surface area contributed by atoms with Gasteiger partial charge < -0.3 is 14.7 Å². The van der Waals surface area contributed by atoms with E-state index in [4.69, 9.17) is 4.74 Å². The quantitative estimate of drug-likeness (QED) is 0.837. The Bertz CT molecular complexity index is 517. The van der Waals surface area contributed by atoms with Crippen molar-refractivity contribution >= 4 is 5.69 Å². The van der Waals surface area contributed by atoms with Gasteiger partial charge in [-0.3, -0.25) is 4.90 Å². The molecule has 0 amide bonds. The predicted molar refractivity (Wildman–Crippen MR) is 77.9 cm³/mol. The maximum atomic E-state index is 14.4. The normalized spacial score (nSPS) is 18.3. The fourth-order valence-corrected chi connectivity index (χ4v) is 2.60. The van der Waals surface area contributed by atoms with Crippen molar-refractivity contribution in [1.82, 2.24) is 4.90 Å². The Labute approximate surface area is 132 Å². The average molecular weight is 336 g/mol. The summed E-state index contributed by atoms with van der Waals surface area (Å²) in [5.74, 6) is -1.01. The fourth-order valence-electron chi connectivity index (χ4n) is 2.60. The van der Waals surface area contributed by atoms with E-state index < -0.39 is 23.7 Å². The number of nitrogens with zero attached hydrogens (tertiary/aromatic N) is 2. The Hall–Kier alpha value is -1.38. The van der Waals surface area contributed by atoms with E-state index in [1.165, 1.54) is 12.1 Å². The minimum Gasteiger partial charge on any atom is -0.383 e. The summed E-state index contributed by atoms with van der Waals surface area (Å²) < 4.78 is 57.2. The molecule has 1 aromatic carbocycles. The number of ether oxygens (including phenoxy) is 1. The molecule has 0 saturated carbocycles. The van der Waals surface area contributed by atoms with Gasteiger partial charge in [0, 0.05) is 45.4 Å². The third-order valence-corrected chi connectivity index (χ3v) is 3.94. The minimum atomic E-state index is -4.89. The Morgan fingerprint density at radius 3 is 2.43 bits per heavy atom. The SMILES string of the molecule is COCCN1CCN(c2cccc(C(O)C(F)(F)F)c2F)CC1. The zero-order valence-corrected chi connectivity index (χ0v) is 12.8. The number of piperazine rings is 1. The van der Waals surface area contributed by atoms with Crippen LogP contribution in [-0.2, 0) is 4.74 Å². The number of benzene rings is 1. The number of aliphatic hydroxyl groups excluding tert-OH is 1. The highest BCUT2D eigenvalue weighted by Crippen LogP contribution is 2.36. The fraction of sp³-hybridized carbons (Fsp3) is 0.600. The zero-order valence-electron chi connectivity index (χ0n) is 12.8. The van der Waals surface area contributed by atoms with Crippen molar-refractivity contribution in [2.24, 2.45) is 0 Å². The summed E-state index contributed by atoms with van der Waals surface area (Å²) in [4.78, 5) is 3.84. The molecule has 2 rings (SSSR count). The van der Waals surface area contributed by atoms with Crippen LogP contribution >= 0.6 is 0 Å². The summed E-state index contributed by atoms with van der Waals surface area (Å²) in [6.07, 6.45) is -7.70. The lowest BCUT2D eigenvalue weighted by Gasteiger charge is -2.36. The highest BCUT2D eigenvalue weighted by Gasteiger charge is 2.41. The number of halogens is 4. The van der Waals surface area contributed by atoms with E-state index >= 15 is 0 Å². The van der Waals surface area contributed by atoms with E-state index in [-0.39, 0.29) is 5.69 Å². The van der Waals surface area contributed by atoms with Crippen LogP contribution < -0.4 is 4.90 Å². The predicted octanol–water partition coefficient (Wildman–Crippen LogP) is 2.19. The van der Waals surface area contributed by atoms with Crippen LogP contribution in [0.1, 0.15) is 11.7 Å². The standard InChI is InChI=1S/C15H20F4N2O2/c1-23-10-9-20-5-7-21(8-6-20)12-4-2-3-11(13(12)16)14(22)15(17,18)19/h2-4,14,22H,5-10H2,1H3. The largest absolute Gasteiger partial charge is 0.418 e. The Morgan fingerprint density at radius 1 is 1.22 bits per heavy atom. The molecule has 1 atom stereocenters. The van der Waals surface area contributed by atoms with Crippen molar-refractivity contribution in [3.05, 3.63) is 29.6 Å². The monoisotopic (exact) mass is 336 g/mol. The van der Waals surface area contributed by atoms with Gasteiger partial charge in [0.15, 0.2) is 11.9 Å². The molecule has 4 nitrogen and oxygen atoms in total. The first-order valence-corrected chi connectivity index (χ1v) is 7.34. The first-order valence-electron chi connectivity index (χ1n) is 7.34. The van der Waals surface area contributed by atoms with E-state index in [1.807, 2.05) is 0 Å². The summed E-state index contributed by atoms with van der Waals surface area (Å²) >= 11 is 0. The second-order valence-electron chi connectivity index (χ2n) is 5.45. The molecule has 0 spiro atoms.